The summed E-state index contributed by atoms with van der Waals surface area (Å²) in [5.74, 6) is -0.569. The van der Waals surface area contributed by atoms with E-state index in [4.69, 9.17) is 0 Å². The SMILES string of the molecule is CC(=O)c1ccc(Nc2nc(OC(C(F)(F)F)C(F)(F)F)nc(N3CCCCC3)n2)cc1. The Morgan fingerprint density at radius 3 is 2.09 bits per heavy atom. The first-order valence-corrected chi connectivity index (χ1v) is 9.62. The zero-order valence-corrected chi connectivity index (χ0v) is 16.8. The van der Waals surface area contributed by atoms with Crippen molar-refractivity contribution in [1.82, 2.24) is 15.0 Å². The number of nitrogens with zero attached hydrogens (tertiary/aromatic N) is 4. The molecule has 0 amide bonds. The van der Waals surface area contributed by atoms with E-state index < -0.39 is 24.5 Å². The molecule has 0 saturated carbocycles. The molecule has 1 aromatic heterocycles. The molecule has 32 heavy (non-hydrogen) atoms. The second-order valence-electron chi connectivity index (χ2n) is 7.13. The summed E-state index contributed by atoms with van der Waals surface area (Å²) >= 11 is 0. The van der Waals surface area contributed by atoms with Gasteiger partial charge in [0.1, 0.15) is 0 Å². The van der Waals surface area contributed by atoms with Crippen LogP contribution in [0.3, 0.4) is 0 Å². The van der Waals surface area contributed by atoms with Crippen LogP contribution in [0, 0.1) is 0 Å². The molecule has 2 heterocycles. The van der Waals surface area contributed by atoms with Crippen LogP contribution in [0.4, 0.5) is 43.9 Å². The van der Waals surface area contributed by atoms with E-state index in [0.29, 0.717) is 24.3 Å². The highest BCUT2D eigenvalue weighted by Crippen LogP contribution is 2.36. The van der Waals surface area contributed by atoms with Crippen LogP contribution < -0.4 is 15.0 Å². The van der Waals surface area contributed by atoms with Gasteiger partial charge in [-0.15, -0.1) is 0 Å². The average Bonchev–Trinajstić information content (AvgIpc) is 2.71. The van der Waals surface area contributed by atoms with E-state index in [1.165, 1.54) is 31.2 Å². The number of ether oxygens (including phenoxy) is 1. The Bertz CT molecular complexity index is 929. The highest BCUT2D eigenvalue weighted by molar-refractivity contribution is 5.94. The number of hydrogen-bond acceptors (Lipinski definition) is 7. The number of nitrogens with one attached hydrogen (secondary N) is 1. The molecular weight excluding hydrogens is 444 g/mol. The Morgan fingerprint density at radius 1 is 0.969 bits per heavy atom. The number of hydrogen-bond donors (Lipinski definition) is 1. The minimum atomic E-state index is -5.72. The van der Waals surface area contributed by atoms with Crippen LogP contribution in [-0.4, -0.2) is 52.3 Å². The molecule has 1 N–H and O–H groups in total. The van der Waals surface area contributed by atoms with Gasteiger partial charge in [-0.25, -0.2) is 0 Å². The molecule has 0 radical (unpaired) electrons. The van der Waals surface area contributed by atoms with Gasteiger partial charge < -0.3 is 15.0 Å². The molecule has 1 saturated heterocycles. The minimum Gasteiger partial charge on any atom is -0.440 e. The fraction of sp³-hybridized carbons (Fsp3) is 0.474. The van der Waals surface area contributed by atoms with Gasteiger partial charge in [-0.05, 0) is 50.5 Å². The van der Waals surface area contributed by atoms with Crippen LogP contribution in [0.25, 0.3) is 0 Å². The maximum atomic E-state index is 12.9. The van der Waals surface area contributed by atoms with E-state index in [2.05, 4.69) is 25.0 Å². The molecule has 1 aliphatic rings. The first-order chi connectivity index (χ1) is 14.9. The van der Waals surface area contributed by atoms with E-state index in [9.17, 15) is 31.1 Å². The van der Waals surface area contributed by atoms with Gasteiger partial charge in [-0.1, -0.05) is 0 Å². The number of aromatic nitrogens is 3. The molecular formula is C19H19F6N5O2. The molecule has 1 aliphatic heterocycles. The summed E-state index contributed by atoms with van der Waals surface area (Å²) in [6.07, 6.45) is -13.0. The van der Waals surface area contributed by atoms with Gasteiger partial charge in [0.2, 0.25) is 11.9 Å². The van der Waals surface area contributed by atoms with Gasteiger partial charge >= 0.3 is 18.4 Å². The quantitative estimate of drug-likeness (QED) is 0.492. The zero-order valence-electron chi connectivity index (χ0n) is 16.8. The fourth-order valence-corrected chi connectivity index (χ4v) is 3.03. The van der Waals surface area contributed by atoms with Gasteiger partial charge in [0.25, 0.3) is 6.10 Å². The Hall–Kier alpha value is -3.12. The van der Waals surface area contributed by atoms with Gasteiger partial charge in [-0.3, -0.25) is 4.79 Å². The predicted octanol–water partition coefficient (Wildman–Crippen LogP) is 4.68. The topological polar surface area (TPSA) is 80.2 Å². The highest BCUT2D eigenvalue weighted by Gasteiger charge is 2.59. The number of Topliss-reactive ketones (excluding diaryl/α,β-unsaturated/α-hetero) is 1. The molecule has 0 unspecified atom stereocenters. The average molecular weight is 463 g/mol. The standard InChI is InChI=1S/C19H19F6N5O2/c1-11(31)12-5-7-13(8-6-12)26-15-27-16(30-9-3-2-4-10-30)29-17(28-15)32-14(18(20,21)22)19(23,24)25/h5-8,14H,2-4,9-10H2,1H3,(H,26,27,28,29). The molecule has 3 rings (SSSR count). The number of anilines is 3. The molecule has 1 aromatic carbocycles. The van der Waals surface area contributed by atoms with Gasteiger partial charge in [-0.2, -0.15) is 41.3 Å². The van der Waals surface area contributed by atoms with Crippen LogP contribution in [-0.2, 0) is 0 Å². The number of ketones is 1. The molecule has 13 heteroatoms. The van der Waals surface area contributed by atoms with E-state index >= 15 is 0 Å². The van der Waals surface area contributed by atoms with E-state index in [1.54, 1.807) is 4.90 Å². The minimum absolute atomic E-state index is 0.0966. The Kier molecular flexibility index (Phi) is 6.74. The number of carbonyl (C=O) groups is 1. The summed E-state index contributed by atoms with van der Waals surface area (Å²) in [6, 6.07) is 4.88. The zero-order chi connectivity index (χ0) is 23.5. The van der Waals surface area contributed by atoms with Crippen LogP contribution in [0.2, 0.25) is 0 Å². The van der Waals surface area contributed by atoms with Crippen molar-refractivity contribution in [3.8, 4) is 6.01 Å². The maximum Gasteiger partial charge on any atom is 0.434 e. The second-order valence-corrected chi connectivity index (χ2v) is 7.13. The fourth-order valence-electron chi connectivity index (χ4n) is 3.03. The molecule has 174 valence electrons. The molecule has 2 aromatic rings. The molecule has 0 spiro atoms. The smallest absolute Gasteiger partial charge is 0.434 e. The summed E-state index contributed by atoms with van der Waals surface area (Å²) < 4.78 is 81.8. The van der Waals surface area contributed by atoms with E-state index in [1.807, 2.05) is 0 Å². The van der Waals surface area contributed by atoms with Crippen molar-refractivity contribution in [2.45, 2.75) is 44.6 Å². The first-order valence-electron chi connectivity index (χ1n) is 9.62. The highest BCUT2D eigenvalue weighted by atomic mass is 19.4. The Morgan fingerprint density at radius 2 is 1.56 bits per heavy atom. The summed E-state index contributed by atoms with van der Waals surface area (Å²) in [7, 11) is 0. The lowest BCUT2D eigenvalue weighted by Crippen LogP contribution is -2.47. The summed E-state index contributed by atoms with van der Waals surface area (Å²) in [5.41, 5.74) is 0.780. The van der Waals surface area contributed by atoms with Gasteiger partial charge in [0, 0.05) is 24.3 Å². The second kappa shape index (κ2) is 9.17. The van der Waals surface area contributed by atoms with E-state index in [0.717, 1.165) is 19.3 Å². The third-order valence-corrected chi connectivity index (χ3v) is 4.61. The Labute approximate surface area is 178 Å². The van der Waals surface area contributed by atoms with Crippen molar-refractivity contribution >= 4 is 23.4 Å². The monoisotopic (exact) mass is 463 g/mol. The molecule has 1 fully saturated rings. The van der Waals surface area contributed by atoms with Crippen LogP contribution in [0.1, 0.15) is 36.5 Å². The Balaban J connectivity index is 1.94. The van der Waals surface area contributed by atoms with Crippen molar-refractivity contribution in [2.24, 2.45) is 0 Å². The van der Waals surface area contributed by atoms with Crippen molar-refractivity contribution < 1.29 is 35.9 Å². The van der Waals surface area contributed by atoms with Crippen LogP contribution >= 0.6 is 0 Å². The maximum absolute atomic E-state index is 12.9. The number of carbonyl (C=O) groups excluding carboxylic acids is 1. The number of benzene rings is 1. The third-order valence-electron chi connectivity index (χ3n) is 4.61. The van der Waals surface area contributed by atoms with Crippen molar-refractivity contribution in [2.75, 3.05) is 23.3 Å². The molecule has 0 aliphatic carbocycles. The van der Waals surface area contributed by atoms with E-state index in [-0.39, 0.29) is 17.7 Å². The molecule has 0 atom stereocenters. The lowest BCUT2D eigenvalue weighted by Gasteiger charge is -2.27. The first kappa shape index (κ1) is 23.5. The predicted molar refractivity (Wildman–Crippen MR) is 102 cm³/mol. The largest absolute Gasteiger partial charge is 0.440 e. The van der Waals surface area contributed by atoms with Gasteiger partial charge in [0.15, 0.2) is 5.78 Å². The van der Waals surface area contributed by atoms with Gasteiger partial charge in [0.05, 0.1) is 0 Å². The third kappa shape index (κ3) is 5.98. The summed E-state index contributed by atoms with van der Waals surface area (Å²) in [4.78, 5) is 24.4. The van der Waals surface area contributed by atoms with Crippen molar-refractivity contribution in [3.05, 3.63) is 29.8 Å². The number of alkyl halides is 6. The molecule has 0 bridgehead atoms. The van der Waals surface area contributed by atoms with Crippen LogP contribution in [0.5, 0.6) is 6.01 Å². The summed E-state index contributed by atoms with van der Waals surface area (Å²) in [6.45, 7) is 2.34. The lowest BCUT2D eigenvalue weighted by atomic mass is 10.1. The normalized spacial score (nSPS) is 15.1. The number of piperidine rings is 1. The van der Waals surface area contributed by atoms with Crippen molar-refractivity contribution in [3.63, 3.8) is 0 Å². The lowest BCUT2D eigenvalue weighted by molar-refractivity contribution is -0.301. The number of halogens is 6. The summed E-state index contributed by atoms with van der Waals surface area (Å²) in [5, 5.41) is 2.70. The molecule has 7 nitrogen and oxygen atoms in total. The van der Waals surface area contributed by atoms with Crippen molar-refractivity contribution in [1.29, 1.82) is 0 Å². The number of rotatable bonds is 6. The van der Waals surface area contributed by atoms with Crippen LogP contribution in [0.15, 0.2) is 24.3 Å².